The first-order valence-corrected chi connectivity index (χ1v) is 14.0. The van der Waals surface area contributed by atoms with Gasteiger partial charge < -0.3 is 9.13 Å². The van der Waals surface area contributed by atoms with Crippen molar-refractivity contribution in [3.63, 3.8) is 0 Å². The Bertz CT molecular complexity index is 2190. The van der Waals surface area contributed by atoms with Crippen LogP contribution in [0.25, 0.3) is 71.7 Å². The van der Waals surface area contributed by atoms with Gasteiger partial charge in [-0.25, -0.2) is 9.97 Å². The summed E-state index contributed by atoms with van der Waals surface area (Å²) in [4.78, 5) is 14.2. The average molecular weight is 534 g/mol. The zero-order valence-electron chi connectivity index (χ0n) is 21.7. The molecule has 0 bridgehead atoms. The van der Waals surface area contributed by atoms with Gasteiger partial charge in [0.2, 0.25) is 0 Å². The summed E-state index contributed by atoms with van der Waals surface area (Å²) in [7, 11) is 2.08. The van der Waals surface area contributed by atoms with Crippen molar-refractivity contribution in [2.75, 3.05) is 0 Å². The number of aryl methyl sites for hydroxylation is 1. The normalized spacial score (nSPS) is 11.6. The van der Waals surface area contributed by atoms with E-state index in [0.717, 1.165) is 55.5 Å². The zero-order chi connectivity index (χ0) is 26.6. The fourth-order valence-electron chi connectivity index (χ4n) is 5.68. The molecule has 8 aromatic rings. The maximum atomic E-state index is 4.97. The molecule has 4 aromatic heterocycles. The predicted molar refractivity (Wildman–Crippen MR) is 165 cm³/mol. The van der Waals surface area contributed by atoms with Crippen LogP contribution in [0.15, 0.2) is 121 Å². The lowest BCUT2D eigenvalue weighted by atomic mass is 10.1. The first-order valence-electron chi connectivity index (χ1n) is 13.2. The number of hydrogen-bond acceptors (Lipinski definition) is 4. The van der Waals surface area contributed by atoms with E-state index in [9.17, 15) is 0 Å². The van der Waals surface area contributed by atoms with Gasteiger partial charge in [0, 0.05) is 58.0 Å². The van der Waals surface area contributed by atoms with Crippen molar-refractivity contribution in [1.29, 1.82) is 0 Å². The van der Waals surface area contributed by atoms with Crippen LogP contribution in [0.1, 0.15) is 0 Å². The monoisotopic (exact) mass is 533 g/mol. The Morgan fingerprint density at radius 3 is 2.35 bits per heavy atom. The highest BCUT2D eigenvalue weighted by Crippen LogP contribution is 2.36. The van der Waals surface area contributed by atoms with E-state index >= 15 is 0 Å². The highest BCUT2D eigenvalue weighted by molar-refractivity contribution is 7.13. The van der Waals surface area contributed by atoms with E-state index in [-0.39, 0.29) is 0 Å². The van der Waals surface area contributed by atoms with Crippen LogP contribution in [0.3, 0.4) is 0 Å². The summed E-state index contributed by atoms with van der Waals surface area (Å²) in [5.41, 5.74) is 9.68. The van der Waals surface area contributed by atoms with E-state index in [1.165, 1.54) is 16.3 Å². The van der Waals surface area contributed by atoms with Gasteiger partial charge in [-0.3, -0.25) is 4.98 Å². The molecule has 0 aliphatic rings. The van der Waals surface area contributed by atoms with E-state index in [0.29, 0.717) is 0 Å². The number of fused-ring (bicyclic) bond motifs is 4. The number of benzene rings is 4. The number of nitrogens with zero attached hydrogens (tertiary/aromatic N) is 5. The van der Waals surface area contributed by atoms with Crippen LogP contribution in [0, 0.1) is 0 Å². The van der Waals surface area contributed by atoms with Gasteiger partial charge in [-0.05, 0) is 48.5 Å². The Labute approximate surface area is 234 Å². The molecule has 0 N–H and O–H groups in total. The zero-order valence-corrected chi connectivity index (χ0v) is 22.5. The molecule has 4 heterocycles. The maximum absolute atomic E-state index is 4.97. The van der Waals surface area contributed by atoms with Gasteiger partial charge >= 0.3 is 0 Å². The minimum absolute atomic E-state index is 0.927. The van der Waals surface area contributed by atoms with Crippen molar-refractivity contribution < 1.29 is 0 Å². The molecule has 0 amide bonds. The summed E-state index contributed by atoms with van der Waals surface area (Å²) >= 11 is 1.64. The number of aromatic nitrogens is 5. The molecule has 0 saturated carbocycles. The van der Waals surface area contributed by atoms with Crippen molar-refractivity contribution >= 4 is 44.2 Å². The third kappa shape index (κ3) is 3.57. The Morgan fingerprint density at radius 1 is 0.625 bits per heavy atom. The van der Waals surface area contributed by atoms with Crippen molar-refractivity contribution in [2.24, 2.45) is 7.05 Å². The van der Waals surface area contributed by atoms with Crippen LogP contribution in [-0.4, -0.2) is 24.1 Å². The molecule has 8 rings (SSSR count). The van der Waals surface area contributed by atoms with Crippen LogP contribution in [-0.2, 0) is 7.05 Å². The minimum Gasteiger partial charge on any atom is -0.327 e. The summed E-state index contributed by atoms with van der Waals surface area (Å²) in [6, 6.07) is 36.3. The van der Waals surface area contributed by atoms with Gasteiger partial charge in [0.05, 0.1) is 27.8 Å². The smallest absolute Gasteiger partial charge is 0.140 e. The van der Waals surface area contributed by atoms with Gasteiger partial charge in [0.1, 0.15) is 10.8 Å². The molecule has 0 fully saturated rings. The van der Waals surface area contributed by atoms with Gasteiger partial charge in [0.15, 0.2) is 0 Å². The molecule has 5 nitrogen and oxygen atoms in total. The molecule has 4 aromatic carbocycles. The summed E-state index contributed by atoms with van der Waals surface area (Å²) < 4.78 is 4.52. The molecule has 0 saturated heterocycles. The fourth-order valence-corrected chi connectivity index (χ4v) is 6.32. The highest BCUT2D eigenvalue weighted by atomic mass is 32.1. The largest absolute Gasteiger partial charge is 0.327 e. The van der Waals surface area contributed by atoms with Gasteiger partial charge in [-0.2, -0.15) is 0 Å². The Morgan fingerprint density at radius 2 is 1.48 bits per heavy atom. The molecular weight excluding hydrogens is 510 g/mol. The molecule has 6 heteroatoms. The topological polar surface area (TPSA) is 48.5 Å². The van der Waals surface area contributed by atoms with Gasteiger partial charge in [-0.15, -0.1) is 11.3 Å². The number of pyridine rings is 1. The molecule has 190 valence electrons. The first kappa shape index (κ1) is 22.9. The predicted octanol–water partition coefficient (Wildman–Crippen LogP) is 8.52. The first-order chi connectivity index (χ1) is 19.7. The van der Waals surface area contributed by atoms with Crippen LogP contribution in [0.2, 0.25) is 0 Å². The fraction of sp³-hybridized carbons (Fsp3) is 0.0294. The third-order valence-corrected chi connectivity index (χ3v) is 8.38. The van der Waals surface area contributed by atoms with Crippen LogP contribution in [0.4, 0.5) is 0 Å². The molecule has 0 radical (unpaired) electrons. The summed E-state index contributed by atoms with van der Waals surface area (Å²) in [6.45, 7) is 0. The number of rotatable bonds is 4. The number of imidazole rings is 1. The Balaban J connectivity index is 1.32. The second kappa shape index (κ2) is 9.00. The maximum Gasteiger partial charge on any atom is 0.140 e. The average Bonchev–Trinajstić information content (AvgIpc) is 3.74. The minimum atomic E-state index is 0.927. The molecule has 0 unspecified atom stereocenters. The summed E-state index contributed by atoms with van der Waals surface area (Å²) in [6.07, 6.45) is 3.70. The standard InChI is InChI=1S/C34H23N5S/c1-38-31-12-5-3-10-28(31)37-33(38)23-13-14-27-26-9-2-4-11-30(26)39(32(27)21-23)25-8-6-7-22(19-25)29-20-24(15-16-35-29)34-36-17-18-40-34/h2-21H,1H3. The van der Waals surface area contributed by atoms with Crippen molar-refractivity contribution in [3.05, 3.63) is 121 Å². The van der Waals surface area contributed by atoms with Gasteiger partial charge in [-0.1, -0.05) is 54.6 Å². The van der Waals surface area contributed by atoms with Gasteiger partial charge in [0.25, 0.3) is 0 Å². The molecule has 40 heavy (non-hydrogen) atoms. The number of para-hydroxylation sites is 3. The van der Waals surface area contributed by atoms with E-state index in [1.807, 2.05) is 29.9 Å². The van der Waals surface area contributed by atoms with Crippen LogP contribution >= 0.6 is 11.3 Å². The van der Waals surface area contributed by atoms with Crippen molar-refractivity contribution in [2.45, 2.75) is 0 Å². The van der Waals surface area contributed by atoms with Crippen LogP contribution in [0.5, 0.6) is 0 Å². The Kier molecular flexibility index (Phi) is 5.15. The lowest BCUT2D eigenvalue weighted by molar-refractivity contribution is 0.959. The van der Waals surface area contributed by atoms with E-state index in [1.54, 1.807) is 11.3 Å². The van der Waals surface area contributed by atoms with E-state index in [2.05, 4.69) is 112 Å². The summed E-state index contributed by atoms with van der Waals surface area (Å²) in [5.74, 6) is 0.955. The molecule has 0 aliphatic carbocycles. The quantitative estimate of drug-likeness (QED) is 0.228. The SMILES string of the molecule is Cn1c(-c2ccc3c4ccccc4n(-c4cccc(-c5cc(-c6nccs6)ccn5)c4)c3c2)nc2ccccc21. The lowest BCUT2D eigenvalue weighted by Crippen LogP contribution is -1.96. The summed E-state index contributed by atoms with van der Waals surface area (Å²) in [5, 5.41) is 5.44. The number of hydrogen-bond donors (Lipinski definition) is 0. The van der Waals surface area contributed by atoms with E-state index < -0.39 is 0 Å². The second-order valence-electron chi connectivity index (χ2n) is 9.88. The van der Waals surface area contributed by atoms with E-state index in [4.69, 9.17) is 9.97 Å². The van der Waals surface area contributed by atoms with Crippen molar-refractivity contribution in [3.8, 4) is 38.9 Å². The molecule has 0 atom stereocenters. The molecule has 0 aliphatic heterocycles. The third-order valence-electron chi connectivity index (χ3n) is 7.56. The second-order valence-corrected chi connectivity index (χ2v) is 10.8. The molecule has 0 spiro atoms. The van der Waals surface area contributed by atoms with Crippen LogP contribution < -0.4 is 0 Å². The highest BCUT2D eigenvalue weighted by Gasteiger charge is 2.16. The number of thiazole rings is 1. The Hall–Kier alpha value is -5.07. The van der Waals surface area contributed by atoms with Crippen molar-refractivity contribution in [1.82, 2.24) is 24.1 Å². The lowest BCUT2D eigenvalue weighted by Gasteiger charge is -2.11. The molecular formula is C34H23N5S.